The van der Waals surface area contributed by atoms with Gasteiger partial charge in [0, 0.05) is 48.6 Å². The third-order valence-corrected chi connectivity index (χ3v) is 7.33. The summed E-state index contributed by atoms with van der Waals surface area (Å²) in [5.41, 5.74) is 1.82. The minimum Gasteiger partial charge on any atom is -0.356 e. The molecule has 34 heavy (non-hydrogen) atoms. The average Bonchev–Trinajstić information content (AvgIpc) is 3.21. The van der Waals surface area contributed by atoms with E-state index in [0.717, 1.165) is 38.0 Å². The Morgan fingerprint density at radius 1 is 1.09 bits per heavy atom. The Hall–Kier alpha value is -1.89. The van der Waals surface area contributed by atoms with Crippen LogP contribution in [0.1, 0.15) is 91.3 Å². The lowest BCUT2D eigenvalue weighted by atomic mass is 9.58. The molecule has 2 rings (SSSR count). The zero-order valence-electron chi connectivity index (χ0n) is 22.8. The second kappa shape index (κ2) is 12.7. The van der Waals surface area contributed by atoms with Crippen LogP contribution in [0, 0.1) is 29.1 Å². The maximum atomic E-state index is 13.4. The lowest BCUT2D eigenvalue weighted by Gasteiger charge is -2.46. The van der Waals surface area contributed by atoms with Crippen LogP contribution in [-0.2, 0) is 16.1 Å². The van der Waals surface area contributed by atoms with E-state index < -0.39 is 5.41 Å². The Morgan fingerprint density at radius 2 is 1.62 bits per heavy atom. The summed E-state index contributed by atoms with van der Waals surface area (Å²) >= 11 is 0. The predicted molar refractivity (Wildman–Crippen MR) is 138 cm³/mol. The molecular formula is C27H49N5O2. The molecule has 1 aromatic rings. The minimum atomic E-state index is -0.434. The highest BCUT2D eigenvalue weighted by atomic mass is 16.2. The van der Waals surface area contributed by atoms with Crippen LogP contribution in [0.15, 0.2) is 6.20 Å². The molecule has 1 aliphatic rings. The van der Waals surface area contributed by atoms with Crippen molar-refractivity contribution in [2.75, 3.05) is 26.7 Å². The second-order valence-corrected chi connectivity index (χ2v) is 11.8. The van der Waals surface area contributed by atoms with Crippen LogP contribution in [0.3, 0.4) is 0 Å². The highest BCUT2D eigenvalue weighted by molar-refractivity contribution is 5.84. The fourth-order valence-corrected chi connectivity index (χ4v) is 5.10. The normalized spacial score (nSPS) is 22.4. The van der Waals surface area contributed by atoms with Crippen molar-refractivity contribution in [1.82, 2.24) is 25.7 Å². The number of hydrogen-bond acceptors (Lipinski definition) is 4. The van der Waals surface area contributed by atoms with Gasteiger partial charge in [0.15, 0.2) is 0 Å². The Morgan fingerprint density at radius 3 is 2.09 bits per heavy atom. The SMILES string of the molecule is CCCCN(C)Cc1cn[nH]c1C1CC(C(=O)NCC(C)C)C(C)(C)C(C(=O)NCC(C)C)C1. The number of aromatic amines is 1. The third kappa shape index (κ3) is 7.56. The topological polar surface area (TPSA) is 90.1 Å². The first-order chi connectivity index (χ1) is 16.0. The molecule has 1 saturated carbocycles. The molecule has 1 fully saturated rings. The maximum absolute atomic E-state index is 13.4. The molecule has 0 spiro atoms. The van der Waals surface area contributed by atoms with Crippen molar-refractivity contribution in [3.63, 3.8) is 0 Å². The van der Waals surface area contributed by atoms with Crippen molar-refractivity contribution in [2.45, 2.75) is 86.6 Å². The molecule has 0 bridgehead atoms. The Balaban J connectivity index is 2.31. The first-order valence-corrected chi connectivity index (χ1v) is 13.2. The summed E-state index contributed by atoms with van der Waals surface area (Å²) in [6.07, 6.45) is 5.69. The van der Waals surface area contributed by atoms with E-state index in [1.807, 2.05) is 6.20 Å². The summed E-state index contributed by atoms with van der Waals surface area (Å²) in [4.78, 5) is 29.1. The summed E-state index contributed by atoms with van der Waals surface area (Å²) in [7, 11) is 2.14. The van der Waals surface area contributed by atoms with Gasteiger partial charge in [-0.25, -0.2) is 0 Å². The van der Waals surface area contributed by atoms with Gasteiger partial charge in [-0.15, -0.1) is 0 Å². The van der Waals surface area contributed by atoms with E-state index in [0.29, 0.717) is 24.9 Å². The molecule has 0 aromatic carbocycles. The van der Waals surface area contributed by atoms with Crippen molar-refractivity contribution >= 4 is 11.8 Å². The van der Waals surface area contributed by atoms with Gasteiger partial charge in [-0.3, -0.25) is 14.7 Å². The molecule has 3 N–H and O–H groups in total. The van der Waals surface area contributed by atoms with Gasteiger partial charge in [0.05, 0.1) is 6.20 Å². The Labute approximate surface area is 207 Å². The summed E-state index contributed by atoms with van der Waals surface area (Å²) in [6.45, 7) is 18.0. The summed E-state index contributed by atoms with van der Waals surface area (Å²) < 4.78 is 0. The van der Waals surface area contributed by atoms with Crippen LogP contribution in [0.2, 0.25) is 0 Å². The van der Waals surface area contributed by atoms with Crippen molar-refractivity contribution in [3.8, 4) is 0 Å². The molecular weight excluding hydrogens is 426 g/mol. The molecule has 0 radical (unpaired) electrons. The average molecular weight is 476 g/mol. The number of hydrogen-bond donors (Lipinski definition) is 3. The molecule has 1 aliphatic carbocycles. The smallest absolute Gasteiger partial charge is 0.223 e. The molecule has 2 unspecified atom stereocenters. The van der Waals surface area contributed by atoms with E-state index >= 15 is 0 Å². The van der Waals surface area contributed by atoms with Crippen molar-refractivity contribution < 1.29 is 9.59 Å². The van der Waals surface area contributed by atoms with Crippen molar-refractivity contribution in [1.29, 1.82) is 0 Å². The van der Waals surface area contributed by atoms with E-state index in [1.54, 1.807) is 0 Å². The zero-order chi connectivity index (χ0) is 25.5. The monoisotopic (exact) mass is 475 g/mol. The van der Waals surface area contributed by atoms with Crippen molar-refractivity contribution in [2.24, 2.45) is 29.1 Å². The van der Waals surface area contributed by atoms with Gasteiger partial charge in [0.1, 0.15) is 0 Å². The second-order valence-electron chi connectivity index (χ2n) is 11.8. The molecule has 194 valence electrons. The van der Waals surface area contributed by atoms with Crippen LogP contribution in [0.4, 0.5) is 0 Å². The molecule has 0 aliphatic heterocycles. The first-order valence-electron chi connectivity index (χ1n) is 13.2. The highest BCUT2D eigenvalue weighted by Gasteiger charge is 2.50. The van der Waals surface area contributed by atoms with E-state index in [2.05, 4.69) is 81.2 Å². The Kier molecular flexibility index (Phi) is 10.6. The van der Waals surface area contributed by atoms with Crippen LogP contribution in [-0.4, -0.2) is 53.6 Å². The van der Waals surface area contributed by atoms with Crippen LogP contribution >= 0.6 is 0 Å². The predicted octanol–water partition coefficient (Wildman–Crippen LogP) is 4.32. The number of nitrogens with one attached hydrogen (secondary N) is 3. The molecule has 2 atom stereocenters. The number of unbranched alkanes of at least 4 members (excludes halogenated alkanes) is 1. The van der Waals surface area contributed by atoms with Gasteiger partial charge < -0.3 is 15.5 Å². The maximum Gasteiger partial charge on any atom is 0.223 e. The van der Waals surface area contributed by atoms with Crippen LogP contribution in [0.5, 0.6) is 0 Å². The van der Waals surface area contributed by atoms with Crippen molar-refractivity contribution in [3.05, 3.63) is 17.5 Å². The number of amides is 2. The highest BCUT2D eigenvalue weighted by Crippen LogP contribution is 2.50. The lowest BCUT2D eigenvalue weighted by molar-refractivity contribution is -0.140. The van der Waals surface area contributed by atoms with E-state index in [9.17, 15) is 9.59 Å². The van der Waals surface area contributed by atoms with Gasteiger partial charge in [0.2, 0.25) is 11.8 Å². The number of H-pyrrole nitrogens is 1. The first kappa shape index (κ1) is 28.3. The van der Waals surface area contributed by atoms with Gasteiger partial charge in [-0.05, 0) is 50.1 Å². The molecule has 7 heteroatoms. The summed E-state index contributed by atoms with van der Waals surface area (Å²) in [5.74, 6) is 0.499. The zero-order valence-corrected chi connectivity index (χ0v) is 22.8. The number of carbonyl (C=O) groups excluding carboxylic acids is 2. The van der Waals surface area contributed by atoms with Crippen LogP contribution < -0.4 is 10.6 Å². The fraction of sp³-hybridized carbons (Fsp3) is 0.815. The van der Waals surface area contributed by atoms with Crippen LogP contribution in [0.25, 0.3) is 0 Å². The van der Waals surface area contributed by atoms with Gasteiger partial charge in [-0.1, -0.05) is 54.9 Å². The molecule has 7 nitrogen and oxygen atoms in total. The van der Waals surface area contributed by atoms with Gasteiger partial charge in [0.25, 0.3) is 0 Å². The minimum absolute atomic E-state index is 0.0613. The standard InChI is InChI=1S/C27H49N5O2/c1-9-10-11-32(8)17-21-16-30-31-24(21)20-12-22(25(33)28-14-18(2)3)27(6,7)23(13-20)26(34)29-15-19(4)5/h16,18-20,22-23H,9-15,17H2,1-8H3,(H,28,33)(H,29,34)(H,30,31). The molecule has 1 heterocycles. The van der Waals surface area contributed by atoms with E-state index in [-0.39, 0.29) is 29.6 Å². The third-order valence-electron chi connectivity index (χ3n) is 7.33. The number of carbonyl (C=O) groups is 2. The largest absolute Gasteiger partial charge is 0.356 e. The number of aromatic nitrogens is 2. The van der Waals surface area contributed by atoms with E-state index in [4.69, 9.17) is 0 Å². The molecule has 1 aromatic heterocycles. The van der Waals surface area contributed by atoms with Gasteiger partial charge in [-0.2, -0.15) is 5.10 Å². The Bertz CT molecular complexity index is 750. The van der Waals surface area contributed by atoms with Gasteiger partial charge >= 0.3 is 0 Å². The fourth-order valence-electron chi connectivity index (χ4n) is 5.10. The molecule has 0 saturated heterocycles. The van der Waals surface area contributed by atoms with E-state index in [1.165, 1.54) is 12.0 Å². The number of nitrogens with zero attached hydrogens (tertiary/aromatic N) is 2. The summed E-state index contributed by atoms with van der Waals surface area (Å²) in [6, 6.07) is 0. The molecule has 2 amide bonds. The lowest BCUT2D eigenvalue weighted by Crippen LogP contribution is -2.52. The summed E-state index contributed by atoms with van der Waals surface area (Å²) in [5, 5.41) is 13.9. The number of rotatable bonds is 12. The quantitative estimate of drug-likeness (QED) is 0.420.